The van der Waals surface area contributed by atoms with E-state index in [2.05, 4.69) is 4.98 Å². The molecule has 1 amide bonds. The number of Topliss-reactive ketones (excluding diaryl/α,β-unsaturated/α-hetero) is 1. The molecule has 4 rings (SSSR count). The molecule has 164 valence electrons. The van der Waals surface area contributed by atoms with Crippen LogP contribution >= 0.6 is 11.3 Å². The van der Waals surface area contributed by atoms with Gasteiger partial charge < -0.3 is 14.7 Å². The van der Waals surface area contributed by atoms with Gasteiger partial charge in [0.05, 0.1) is 24.3 Å². The van der Waals surface area contributed by atoms with E-state index in [4.69, 9.17) is 4.74 Å². The number of nitrogens with zero attached hydrogens (tertiary/aromatic N) is 2. The van der Waals surface area contributed by atoms with Crippen molar-refractivity contribution in [2.45, 2.75) is 39.5 Å². The number of aryl methyl sites for hydroxylation is 1. The van der Waals surface area contributed by atoms with Crippen LogP contribution in [0.4, 0.5) is 0 Å². The van der Waals surface area contributed by atoms with Gasteiger partial charge in [-0.2, -0.15) is 0 Å². The summed E-state index contributed by atoms with van der Waals surface area (Å²) in [5, 5.41) is 13.1. The van der Waals surface area contributed by atoms with Gasteiger partial charge in [0.2, 0.25) is 0 Å². The van der Waals surface area contributed by atoms with Crippen molar-refractivity contribution in [3.05, 3.63) is 87.4 Å². The van der Waals surface area contributed by atoms with Crippen LogP contribution < -0.4 is 4.74 Å². The van der Waals surface area contributed by atoms with Gasteiger partial charge in [-0.3, -0.25) is 14.6 Å². The van der Waals surface area contributed by atoms with Crippen molar-refractivity contribution in [3.63, 3.8) is 0 Å². The maximum atomic E-state index is 13.1. The number of hydrogen-bond acceptors (Lipinski definition) is 6. The lowest BCUT2D eigenvalue weighted by atomic mass is 9.95. The summed E-state index contributed by atoms with van der Waals surface area (Å²) in [6.45, 7) is 6.04. The fourth-order valence-corrected chi connectivity index (χ4v) is 4.54. The summed E-state index contributed by atoms with van der Waals surface area (Å²) < 4.78 is 5.78. The third-order valence-corrected chi connectivity index (χ3v) is 6.12. The van der Waals surface area contributed by atoms with Gasteiger partial charge in [-0.15, -0.1) is 11.3 Å². The molecule has 1 aromatic carbocycles. The summed E-state index contributed by atoms with van der Waals surface area (Å²) in [5.74, 6) is -0.832. The van der Waals surface area contributed by atoms with Crippen molar-refractivity contribution in [2.24, 2.45) is 0 Å². The molecule has 0 saturated carbocycles. The standard InChI is InChI=1S/C25H24N2O4S/c1-15(2)31-20-9-8-17(12-16(20)3)23(28)21-22(18-6-4-10-26-13-18)27(25(30)24(21)29)14-19-7-5-11-32-19/h4-13,15,22,28H,14H2,1-3H3/b23-21-. The summed E-state index contributed by atoms with van der Waals surface area (Å²) in [7, 11) is 0. The van der Waals surface area contributed by atoms with E-state index in [1.807, 2.05) is 44.4 Å². The maximum absolute atomic E-state index is 13.1. The van der Waals surface area contributed by atoms with Crippen molar-refractivity contribution in [3.8, 4) is 5.75 Å². The fourth-order valence-electron chi connectivity index (χ4n) is 3.84. The molecule has 1 atom stereocenters. The minimum Gasteiger partial charge on any atom is -0.507 e. The second-order valence-electron chi connectivity index (χ2n) is 7.94. The minimum absolute atomic E-state index is 0.0151. The largest absolute Gasteiger partial charge is 0.507 e. The molecule has 1 N–H and O–H groups in total. The first-order chi connectivity index (χ1) is 15.4. The lowest BCUT2D eigenvalue weighted by Crippen LogP contribution is -2.28. The van der Waals surface area contributed by atoms with E-state index < -0.39 is 17.7 Å². The Kier molecular flexibility index (Phi) is 6.10. The van der Waals surface area contributed by atoms with Crippen LogP contribution in [0.2, 0.25) is 0 Å². The molecular formula is C25H24N2O4S. The van der Waals surface area contributed by atoms with Crippen molar-refractivity contribution in [1.82, 2.24) is 9.88 Å². The van der Waals surface area contributed by atoms with Gasteiger partial charge in [-0.1, -0.05) is 12.1 Å². The number of benzene rings is 1. The van der Waals surface area contributed by atoms with Gasteiger partial charge in [-0.05, 0) is 67.6 Å². The number of aliphatic hydroxyl groups excluding tert-OH is 1. The topological polar surface area (TPSA) is 79.7 Å². The molecule has 1 aliphatic heterocycles. The van der Waals surface area contributed by atoms with E-state index in [-0.39, 0.29) is 24.0 Å². The van der Waals surface area contributed by atoms with E-state index in [1.165, 1.54) is 16.2 Å². The van der Waals surface area contributed by atoms with Crippen LogP contribution in [-0.4, -0.2) is 32.8 Å². The molecule has 3 heterocycles. The lowest BCUT2D eigenvalue weighted by Gasteiger charge is -2.24. The Labute approximate surface area is 190 Å². The van der Waals surface area contributed by atoms with Gasteiger partial charge >= 0.3 is 0 Å². The molecule has 3 aromatic rings. The van der Waals surface area contributed by atoms with Gasteiger partial charge in [0.25, 0.3) is 11.7 Å². The van der Waals surface area contributed by atoms with E-state index in [0.29, 0.717) is 16.9 Å². The molecule has 7 heteroatoms. The second kappa shape index (κ2) is 8.96. The number of rotatable bonds is 6. The summed E-state index contributed by atoms with van der Waals surface area (Å²) in [6.07, 6.45) is 3.27. The monoisotopic (exact) mass is 448 g/mol. The maximum Gasteiger partial charge on any atom is 0.295 e. The molecule has 0 spiro atoms. The van der Waals surface area contributed by atoms with Crippen molar-refractivity contribution in [1.29, 1.82) is 0 Å². The molecule has 1 aliphatic rings. The Morgan fingerprint density at radius 3 is 2.66 bits per heavy atom. The zero-order chi connectivity index (χ0) is 22.8. The molecule has 0 aliphatic carbocycles. The number of ketones is 1. The SMILES string of the molecule is Cc1cc(/C(O)=C2/C(=O)C(=O)N(Cc3cccs3)C2c2cccnc2)ccc1OC(C)C. The molecule has 2 aromatic heterocycles. The first-order valence-corrected chi connectivity index (χ1v) is 11.2. The van der Waals surface area contributed by atoms with Crippen molar-refractivity contribution in [2.75, 3.05) is 0 Å². The predicted molar refractivity (Wildman–Crippen MR) is 123 cm³/mol. The average Bonchev–Trinajstić information content (AvgIpc) is 3.37. The van der Waals surface area contributed by atoms with Crippen LogP contribution in [-0.2, 0) is 16.1 Å². The highest BCUT2D eigenvalue weighted by Gasteiger charge is 2.46. The molecule has 1 fully saturated rings. The molecule has 1 unspecified atom stereocenters. The van der Waals surface area contributed by atoms with Crippen LogP contribution in [0.5, 0.6) is 5.75 Å². The van der Waals surface area contributed by atoms with Gasteiger partial charge in [-0.25, -0.2) is 0 Å². The number of carbonyl (C=O) groups excluding carboxylic acids is 2. The lowest BCUT2D eigenvalue weighted by molar-refractivity contribution is -0.140. The predicted octanol–water partition coefficient (Wildman–Crippen LogP) is 4.86. The highest BCUT2D eigenvalue weighted by molar-refractivity contribution is 7.09. The zero-order valence-corrected chi connectivity index (χ0v) is 18.9. The van der Waals surface area contributed by atoms with Crippen LogP contribution in [0.15, 0.2) is 65.8 Å². The minimum atomic E-state index is -0.724. The van der Waals surface area contributed by atoms with Gasteiger partial charge in [0.1, 0.15) is 11.5 Å². The Hall–Kier alpha value is -3.45. The number of likely N-dealkylation sites (tertiary alicyclic amines) is 1. The third kappa shape index (κ3) is 4.16. The number of aromatic nitrogens is 1. The summed E-state index contributed by atoms with van der Waals surface area (Å²) >= 11 is 1.51. The van der Waals surface area contributed by atoms with E-state index >= 15 is 0 Å². The normalized spacial score (nSPS) is 17.9. The molecule has 1 saturated heterocycles. The van der Waals surface area contributed by atoms with Crippen LogP contribution in [0, 0.1) is 6.92 Å². The van der Waals surface area contributed by atoms with Gasteiger partial charge in [0.15, 0.2) is 0 Å². The summed E-state index contributed by atoms with van der Waals surface area (Å²) in [6, 6.07) is 11.9. The molecule has 6 nitrogen and oxygen atoms in total. The Balaban J connectivity index is 1.81. The Morgan fingerprint density at radius 2 is 2.03 bits per heavy atom. The zero-order valence-electron chi connectivity index (χ0n) is 18.1. The fraction of sp³-hybridized carbons (Fsp3) is 0.240. The highest BCUT2D eigenvalue weighted by atomic mass is 32.1. The summed E-state index contributed by atoms with van der Waals surface area (Å²) in [5.41, 5.74) is 2.02. The number of thiophene rings is 1. The number of carbonyl (C=O) groups is 2. The molecular weight excluding hydrogens is 424 g/mol. The summed E-state index contributed by atoms with van der Waals surface area (Å²) in [4.78, 5) is 32.7. The Bertz CT molecular complexity index is 1170. The smallest absolute Gasteiger partial charge is 0.295 e. The third-order valence-electron chi connectivity index (χ3n) is 5.26. The number of hydrogen-bond donors (Lipinski definition) is 1. The van der Waals surface area contributed by atoms with Crippen LogP contribution in [0.3, 0.4) is 0 Å². The number of ether oxygens (including phenoxy) is 1. The van der Waals surface area contributed by atoms with Crippen molar-refractivity contribution >= 4 is 28.8 Å². The van der Waals surface area contributed by atoms with E-state index in [9.17, 15) is 14.7 Å². The van der Waals surface area contributed by atoms with Crippen LogP contribution in [0.25, 0.3) is 5.76 Å². The van der Waals surface area contributed by atoms with Crippen molar-refractivity contribution < 1.29 is 19.4 Å². The van der Waals surface area contributed by atoms with Gasteiger partial charge in [0, 0.05) is 22.8 Å². The number of pyridine rings is 1. The molecule has 32 heavy (non-hydrogen) atoms. The number of aliphatic hydroxyl groups is 1. The first-order valence-electron chi connectivity index (χ1n) is 10.3. The molecule has 0 bridgehead atoms. The quantitative estimate of drug-likeness (QED) is 0.331. The average molecular weight is 449 g/mol. The first kappa shape index (κ1) is 21.8. The van der Waals surface area contributed by atoms with E-state index in [1.54, 1.807) is 36.7 Å². The second-order valence-corrected chi connectivity index (χ2v) is 8.97. The van der Waals surface area contributed by atoms with E-state index in [0.717, 1.165) is 10.4 Å². The molecule has 0 radical (unpaired) electrons. The van der Waals surface area contributed by atoms with Crippen LogP contribution in [0.1, 0.15) is 41.5 Å². The number of amides is 1. The Morgan fingerprint density at radius 1 is 1.22 bits per heavy atom. The highest BCUT2D eigenvalue weighted by Crippen LogP contribution is 2.40.